The molecule has 4 aromatic rings. The molecule has 4 heterocycles. The summed E-state index contributed by atoms with van der Waals surface area (Å²) in [5, 5.41) is 27.9. The SMILES string of the molecule is Cc1csc(C(C)(O)c2nnc(Cc3ccn(Cc4nccc(C)c4C)n3)s2)n1. The first-order chi connectivity index (χ1) is 13.8. The number of aromatic nitrogens is 6. The Morgan fingerprint density at radius 3 is 2.72 bits per heavy atom. The molecule has 4 aromatic heterocycles. The second kappa shape index (κ2) is 7.74. The quantitative estimate of drug-likeness (QED) is 0.508. The van der Waals surface area contributed by atoms with Crippen molar-refractivity contribution < 1.29 is 5.11 Å². The molecule has 0 aliphatic carbocycles. The summed E-state index contributed by atoms with van der Waals surface area (Å²) in [5.74, 6) is 0. The lowest BCUT2D eigenvalue weighted by Gasteiger charge is -2.16. The zero-order valence-electron chi connectivity index (χ0n) is 16.7. The van der Waals surface area contributed by atoms with Gasteiger partial charge in [0.2, 0.25) is 0 Å². The number of hydrogen-bond donors (Lipinski definition) is 1. The number of aliphatic hydroxyl groups is 1. The smallest absolute Gasteiger partial charge is 0.166 e. The Morgan fingerprint density at radius 2 is 1.97 bits per heavy atom. The largest absolute Gasteiger partial charge is 0.376 e. The average Bonchev–Trinajstić information content (AvgIpc) is 3.41. The highest BCUT2D eigenvalue weighted by molar-refractivity contribution is 7.12. The second-order valence-electron chi connectivity index (χ2n) is 7.25. The summed E-state index contributed by atoms with van der Waals surface area (Å²) in [5.41, 5.74) is 4.00. The van der Waals surface area contributed by atoms with Crippen LogP contribution in [0.2, 0.25) is 0 Å². The van der Waals surface area contributed by atoms with Crippen LogP contribution in [0.1, 0.15) is 50.2 Å². The third-order valence-electron chi connectivity index (χ3n) is 4.84. The minimum absolute atomic E-state index is 0.542. The molecule has 150 valence electrons. The molecule has 29 heavy (non-hydrogen) atoms. The van der Waals surface area contributed by atoms with Gasteiger partial charge in [-0.1, -0.05) is 11.3 Å². The molecule has 0 radical (unpaired) electrons. The summed E-state index contributed by atoms with van der Waals surface area (Å²) in [4.78, 5) is 8.87. The number of nitrogens with zero attached hydrogens (tertiary/aromatic N) is 6. The van der Waals surface area contributed by atoms with Crippen LogP contribution in [0.4, 0.5) is 0 Å². The fraction of sp³-hybridized carbons (Fsp3) is 0.350. The van der Waals surface area contributed by atoms with Crippen LogP contribution in [0.25, 0.3) is 0 Å². The summed E-state index contributed by atoms with van der Waals surface area (Å²) in [6.07, 6.45) is 4.35. The van der Waals surface area contributed by atoms with Crippen LogP contribution < -0.4 is 0 Å². The molecule has 0 saturated heterocycles. The molecule has 0 spiro atoms. The van der Waals surface area contributed by atoms with Gasteiger partial charge >= 0.3 is 0 Å². The van der Waals surface area contributed by atoms with Gasteiger partial charge in [0.25, 0.3) is 0 Å². The van der Waals surface area contributed by atoms with Gasteiger partial charge in [-0.15, -0.1) is 21.5 Å². The molecule has 9 heteroatoms. The monoisotopic (exact) mass is 426 g/mol. The standard InChI is InChI=1S/C20H22N6OS2/c1-12-5-7-21-16(14(12)3)10-26-8-6-15(25-26)9-17-23-24-19(29-17)20(4,27)18-22-13(2)11-28-18/h5-8,11,27H,9-10H2,1-4H3. The lowest BCUT2D eigenvalue weighted by molar-refractivity contribution is 0.101. The molecule has 0 aliphatic rings. The van der Waals surface area contributed by atoms with Gasteiger partial charge in [0.05, 0.1) is 17.9 Å². The van der Waals surface area contributed by atoms with Crippen molar-refractivity contribution in [3.63, 3.8) is 0 Å². The normalized spacial score (nSPS) is 13.6. The molecule has 0 aromatic carbocycles. The van der Waals surface area contributed by atoms with E-state index in [1.165, 1.54) is 33.8 Å². The van der Waals surface area contributed by atoms with Gasteiger partial charge in [-0.3, -0.25) is 9.67 Å². The third-order valence-corrected chi connectivity index (χ3v) is 7.14. The first-order valence-corrected chi connectivity index (χ1v) is 10.9. The molecule has 1 unspecified atom stereocenters. The van der Waals surface area contributed by atoms with Crippen molar-refractivity contribution in [2.24, 2.45) is 0 Å². The Labute approximate surface area is 177 Å². The highest BCUT2D eigenvalue weighted by Gasteiger charge is 2.33. The van der Waals surface area contributed by atoms with Crippen molar-refractivity contribution in [1.82, 2.24) is 29.9 Å². The highest BCUT2D eigenvalue weighted by atomic mass is 32.1. The molecule has 0 bridgehead atoms. The lowest BCUT2D eigenvalue weighted by atomic mass is 10.1. The van der Waals surface area contributed by atoms with Crippen LogP contribution in [-0.4, -0.2) is 35.1 Å². The van der Waals surface area contributed by atoms with Gasteiger partial charge in [0.15, 0.2) is 10.6 Å². The Morgan fingerprint density at radius 1 is 1.14 bits per heavy atom. The molecular weight excluding hydrogens is 404 g/mol. The maximum atomic E-state index is 10.9. The van der Waals surface area contributed by atoms with Crippen LogP contribution in [-0.2, 0) is 18.6 Å². The zero-order valence-corrected chi connectivity index (χ0v) is 18.4. The van der Waals surface area contributed by atoms with Gasteiger partial charge in [-0.05, 0) is 51.0 Å². The van der Waals surface area contributed by atoms with Crippen molar-refractivity contribution in [3.8, 4) is 0 Å². The first kappa shape index (κ1) is 19.8. The van der Waals surface area contributed by atoms with Gasteiger partial charge < -0.3 is 5.11 Å². The van der Waals surface area contributed by atoms with E-state index in [2.05, 4.69) is 39.1 Å². The molecule has 0 aliphatic heterocycles. The van der Waals surface area contributed by atoms with Crippen molar-refractivity contribution in [2.75, 3.05) is 0 Å². The predicted molar refractivity (Wildman–Crippen MR) is 113 cm³/mol. The van der Waals surface area contributed by atoms with E-state index in [-0.39, 0.29) is 0 Å². The number of pyridine rings is 1. The first-order valence-electron chi connectivity index (χ1n) is 9.24. The Balaban J connectivity index is 1.48. The summed E-state index contributed by atoms with van der Waals surface area (Å²) >= 11 is 2.82. The van der Waals surface area contributed by atoms with Crippen LogP contribution in [0.3, 0.4) is 0 Å². The fourth-order valence-corrected chi connectivity index (χ4v) is 4.76. The van der Waals surface area contributed by atoms with Crippen LogP contribution in [0.15, 0.2) is 29.9 Å². The summed E-state index contributed by atoms with van der Waals surface area (Å²) < 4.78 is 1.89. The minimum atomic E-state index is -1.23. The molecular formula is C20H22N6OS2. The second-order valence-corrected chi connectivity index (χ2v) is 9.17. The van der Waals surface area contributed by atoms with Gasteiger partial charge in [0, 0.05) is 29.9 Å². The predicted octanol–water partition coefficient (Wildman–Crippen LogP) is 3.41. The number of aryl methyl sites for hydroxylation is 2. The van der Waals surface area contributed by atoms with E-state index in [4.69, 9.17) is 0 Å². The van der Waals surface area contributed by atoms with Crippen molar-refractivity contribution in [2.45, 2.75) is 46.3 Å². The molecule has 1 atom stereocenters. The summed E-state index contributed by atoms with van der Waals surface area (Å²) in [7, 11) is 0. The summed E-state index contributed by atoms with van der Waals surface area (Å²) in [6.45, 7) is 8.42. The molecule has 0 saturated carbocycles. The number of thiazole rings is 1. The number of rotatable bonds is 6. The lowest BCUT2D eigenvalue weighted by Crippen LogP contribution is -2.22. The third kappa shape index (κ3) is 4.12. The van der Waals surface area contributed by atoms with E-state index in [1.807, 2.05) is 41.5 Å². The summed E-state index contributed by atoms with van der Waals surface area (Å²) in [6, 6.07) is 4.00. The van der Waals surface area contributed by atoms with Gasteiger partial charge in [-0.2, -0.15) is 5.10 Å². The average molecular weight is 427 g/mol. The van der Waals surface area contributed by atoms with Crippen molar-refractivity contribution in [1.29, 1.82) is 0 Å². The van der Waals surface area contributed by atoms with Gasteiger partial charge in [-0.25, -0.2) is 4.98 Å². The van der Waals surface area contributed by atoms with E-state index in [1.54, 1.807) is 6.92 Å². The van der Waals surface area contributed by atoms with Crippen molar-refractivity contribution in [3.05, 3.63) is 73.1 Å². The van der Waals surface area contributed by atoms with E-state index in [9.17, 15) is 5.11 Å². The molecule has 0 fully saturated rings. The van der Waals surface area contributed by atoms with Crippen molar-refractivity contribution >= 4 is 22.7 Å². The minimum Gasteiger partial charge on any atom is -0.376 e. The molecule has 1 N–H and O–H groups in total. The zero-order chi connectivity index (χ0) is 20.6. The topological polar surface area (TPSA) is 89.6 Å². The number of hydrogen-bond acceptors (Lipinski definition) is 8. The maximum absolute atomic E-state index is 10.9. The van der Waals surface area contributed by atoms with Crippen LogP contribution in [0, 0.1) is 20.8 Å². The van der Waals surface area contributed by atoms with Crippen LogP contribution in [0.5, 0.6) is 0 Å². The van der Waals surface area contributed by atoms with Gasteiger partial charge in [0.1, 0.15) is 10.0 Å². The van der Waals surface area contributed by atoms with Crippen LogP contribution >= 0.6 is 22.7 Å². The Bertz CT molecular complexity index is 1140. The maximum Gasteiger partial charge on any atom is 0.166 e. The van der Waals surface area contributed by atoms with E-state index >= 15 is 0 Å². The van der Waals surface area contributed by atoms with E-state index < -0.39 is 5.60 Å². The molecule has 4 rings (SSSR count). The molecule has 0 amide bonds. The van der Waals surface area contributed by atoms with E-state index in [0.29, 0.717) is 23.0 Å². The fourth-order valence-electron chi connectivity index (χ4n) is 2.93. The Kier molecular flexibility index (Phi) is 5.28. The Hall–Kier alpha value is -2.49. The molecule has 7 nitrogen and oxygen atoms in total. The highest BCUT2D eigenvalue weighted by Crippen LogP contribution is 2.33. The van der Waals surface area contributed by atoms with E-state index in [0.717, 1.165) is 22.1 Å².